The number of amides is 1. The highest BCUT2D eigenvalue weighted by Crippen LogP contribution is 2.30. The minimum atomic E-state index is 0.0362. The van der Waals surface area contributed by atoms with E-state index in [2.05, 4.69) is 22.3 Å². The van der Waals surface area contributed by atoms with Gasteiger partial charge in [-0.25, -0.2) is 0 Å². The summed E-state index contributed by atoms with van der Waals surface area (Å²) in [7, 11) is 1.70. The smallest absolute Gasteiger partial charge is 0.224 e. The van der Waals surface area contributed by atoms with Gasteiger partial charge in [0.05, 0.1) is 25.8 Å². The molecular weight excluding hydrogens is 340 g/mol. The van der Waals surface area contributed by atoms with Crippen LogP contribution in [0.4, 0.5) is 0 Å². The molecule has 1 atom stereocenters. The van der Waals surface area contributed by atoms with Crippen molar-refractivity contribution in [2.24, 2.45) is 5.92 Å². The number of benzene rings is 1. The Morgan fingerprint density at radius 2 is 2.15 bits per heavy atom. The first-order valence-corrected chi connectivity index (χ1v) is 9.94. The summed E-state index contributed by atoms with van der Waals surface area (Å²) in [6.07, 6.45) is 7.16. The van der Waals surface area contributed by atoms with E-state index in [1.54, 1.807) is 13.4 Å². The first-order valence-electron chi connectivity index (χ1n) is 9.94. The number of aryl methyl sites for hydroxylation is 2. The fourth-order valence-electron chi connectivity index (χ4n) is 4.34. The average Bonchev–Trinajstić information content (AvgIpc) is 3.36. The Morgan fingerprint density at radius 3 is 2.93 bits per heavy atom. The Kier molecular flexibility index (Phi) is 5.48. The van der Waals surface area contributed by atoms with Crippen LogP contribution in [0.1, 0.15) is 41.7 Å². The first-order chi connectivity index (χ1) is 13.2. The van der Waals surface area contributed by atoms with Gasteiger partial charge in [0, 0.05) is 18.7 Å². The van der Waals surface area contributed by atoms with Gasteiger partial charge in [0.2, 0.25) is 5.91 Å². The summed E-state index contributed by atoms with van der Waals surface area (Å²) in [6, 6.07) is 8.26. The molecule has 1 N–H and O–H groups in total. The molecule has 2 heterocycles. The van der Waals surface area contributed by atoms with Crippen molar-refractivity contribution in [3.05, 3.63) is 53.0 Å². The van der Waals surface area contributed by atoms with Gasteiger partial charge in [-0.3, -0.25) is 9.69 Å². The molecule has 2 aliphatic rings. The van der Waals surface area contributed by atoms with E-state index in [4.69, 9.17) is 9.15 Å². The van der Waals surface area contributed by atoms with Gasteiger partial charge in [0.1, 0.15) is 11.5 Å². The molecule has 1 aromatic heterocycles. The van der Waals surface area contributed by atoms with Gasteiger partial charge in [-0.05, 0) is 68.0 Å². The summed E-state index contributed by atoms with van der Waals surface area (Å²) in [4.78, 5) is 15.1. The minimum Gasteiger partial charge on any atom is -0.496 e. The second-order valence-electron chi connectivity index (χ2n) is 7.66. The molecular formula is C22H28N2O3. The fraction of sp³-hybridized carbons (Fsp3) is 0.500. The molecule has 1 aliphatic heterocycles. The van der Waals surface area contributed by atoms with Crippen LogP contribution in [-0.2, 0) is 30.7 Å². The van der Waals surface area contributed by atoms with Gasteiger partial charge >= 0.3 is 0 Å². The number of hydrogen-bond acceptors (Lipinski definition) is 4. The van der Waals surface area contributed by atoms with Crippen LogP contribution in [0.5, 0.6) is 5.75 Å². The summed E-state index contributed by atoms with van der Waals surface area (Å²) in [5.74, 6) is 2.02. The minimum absolute atomic E-state index is 0.0362. The standard InChI is InChI=1S/C22H28N2O3/c1-26-21-12-17-6-2-5-16(17)11-19(21)13-23-22(25)18-7-3-9-24(14-18)15-20-8-4-10-27-20/h4,8,10-12,18H,2-3,5-7,9,13-15H2,1H3,(H,23,25)/t18-/m0/s1. The number of carbonyl (C=O) groups excluding carboxylic acids is 1. The maximum atomic E-state index is 12.8. The van der Waals surface area contributed by atoms with Crippen LogP contribution in [0.25, 0.3) is 0 Å². The highest BCUT2D eigenvalue weighted by atomic mass is 16.5. The third-order valence-electron chi connectivity index (χ3n) is 5.78. The zero-order valence-electron chi connectivity index (χ0n) is 16.0. The molecule has 0 radical (unpaired) electrons. The van der Waals surface area contributed by atoms with Crippen LogP contribution < -0.4 is 10.1 Å². The Balaban J connectivity index is 1.35. The highest BCUT2D eigenvalue weighted by molar-refractivity contribution is 5.79. The van der Waals surface area contributed by atoms with Crippen molar-refractivity contribution >= 4 is 5.91 Å². The number of fused-ring (bicyclic) bond motifs is 1. The van der Waals surface area contributed by atoms with Crippen molar-refractivity contribution in [2.45, 2.75) is 45.2 Å². The van der Waals surface area contributed by atoms with E-state index in [0.29, 0.717) is 6.54 Å². The molecule has 5 nitrogen and oxygen atoms in total. The maximum Gasteiger partial charge on any atom is 0.224 e. The lowest BCUT2D eigenvalue weighted by molar-refractivity contribution is -0.127. The van der Waals surface area contributed by atoms with Crippen molar-refractivity contribution < 1.29 is 13.9 Å². The normalized spacial score (nSPS) is 19.7. The molecule has 1 aliphatic carbocycles. The van der Waals surface area contributed by atoms with Gasteiger partial charge in [-0.15, -0.1) is 0 Å². The van der Waals surface area contributed by atoms with E-state index < -0.39 is 0 Å². The predicted octanol–water partition coefficient (Wildman–Crippen LogP) is 3.31. The first kappa shape index (κ1) is 18.1. The molecule has 5 heteroatoms. The number of piperidine rings is 1. The number of ether oxygens (including phenoxy) is 1. The summed E-state index contributed by atoms with van der Waals surface area (Å²) < 4.78 is 11.0. The number of methoxy groups -OCH3 is 1. The molecule has 1 fully saturated rings. The number of furan rings is 1. The molecule has 0 spiro atoms. The van der Waals surface area contributed by atoms with E-state index in [-0.39, 0.29) is 11.8 Å². The number of likely N-dealkylation sites (tertiary alicyclic amines) is 1. The summed E-state index contributed by atoms with van der Waals surface area (Å²) >= 11 is 0. The molecule has 0 saturated carbocycles. The molecule has 0 bridgehead atoms. The molecule has 1 amide bonds. The zero-order chi connectivity index (χ0) is 18.6. The monoisotopic (exact) mass is 368 g/mol. The molecule has 144 valence electrons. The number of hydrogen-bond donors (Lipinski definition) is 1. The lowest BCUT2D eigenvalue weighted by Crippen LogP contribution is -2.42. The lowest BCUT2D eigenvalue weighted by atomic mass is 9.96. The third-order valence-corrected chi connectivity index (χ3v) is 5.78. The number of carbonyl (C=O) groups is 1. The Bertz CT molecular complexity index is 785. The Labute approximate surface area is 160 Å². The van der Waals surface area contributed by atoms with Crippen molar-refractivity contribution in [3.8, 4) is 5.75 Å². The number of rotatable bonds is 6. The summed E-state index contributed by atoms with van der Waals surface area (Å²) in [5.41, 5.74) is 3.87. The highest BCUT2D eigenvalue weighted by Gasteiger charge is 2.26. The second kappa shape index (κ2) is 8.17. The molecule has 1 aromatic carbocycles. The van der Waals surface area contributed by atoms with Crippen LogP contribution in [0.15, 0.2) is 34.9 Å². The summed E-state index contributed by atoms with van der Waals surface area (Å²) in [6.45, 7) is 3.11. The molecule has 1 saturated heterocycles. The van der Waals surface area contributed by atoms with E-state index in [9.17, 15) is 4.79 Å². The Morgan fingerprint density at radius 1 is 1.30 bits per heavy atom. The number of nitrogens with one attached hydrogen (secondary N) is 1. The van der Waals surface area contributed by atoms with E-state index >= 15 is 0 Å². The second-order valence-corrected chi connectivity index (χ2v) is 7.66. The van der Waals surface area contributed by atoms with Gasteiger partial charge in [-0.2, -0.15) is 0 Å². The van der Waals surface area contributed by atoms with Gasteiger partial charge in [-0.1, -0.05) is 6.07 Å². The largest absolute Gasteiger partial charge is 0.496 e. The van der Waals surface area contributed by atoms with E-state index in [1.807, 2.05) is 12.1 Å². The molecule has 2 aromatic rings. The molecule has 0 unspecified atom stereocenters. The number of nitrogens with zero attached hydrogens (tertiary/aromatic N) is 1. The zero-order valence-corrected chi connectivity index (χ0v) is 16.0. The van der Waals surface area contributed by atoms with Crippen LogP contribution in [0, 0.1) is 5.92 Å². The predicted molar refractivity (Wildman–Crippen MR) is 104 cm³/mol. The average molecular weight is 368 g/mol. The summed E-state index contributed by atoms with van der Waals surface area (Å²) in [5, 5.41) is 3.14. The van der Waals surface area contributed by atoms with Gasteiger partial charge < -0.3 is 14.5 Å². The fourth-order valence-corrected chi connectivity index (χ4v) is 4.34. The van der Waals surface area contributed by atoms with Gasteiger partial charge in [0.15, 0.2) is 0 Å². The van der Waals surface area contributed by atoms with Crippen LogP contribution in [0.2, 0.25) is 0 Å². The maximum absolute atomic E-state index is 12.8. The van der Waals surface area contributed by atoms with Crippen LogP contribution in [-0.4, -0.2) is 31.0 Å². The van der Waals surface area contributed by atoms with Crippen molar-refractivity contribution in [3.63, 3.8) is 0 Å². The van der Waals surface area contributed by atoms with E-state index in [0.717, 1.165) is 62.4 Å². The van der Waals surface area contributed by atoms with Crippen molar-refractivity contribution in [2.75, 3.05) is 20.2 Å². The topological polar surface area (TPSA) is 54.7 Å². The quantitative estimate of drug-likeness (QED) is 0.850. The van der Waals surface area contributed by atoms with E-state index in [1.165, 1.54) is 17.5 Å². The molecule has 27 heavy (non-hydrogen) atoms. The SMILES string of the molecule is COc1cc2c(cc1CNC(=O)[C@H]1CCCN(Cc3ccco3)C1)CCC2. The third kappa shape index (κ3) is 4.19. The van der Waals surface area contributed by atoms with Gasteiger partial charge in [0.25, 0.3) is 0 Å². The van der Waals surface area contributed by atoms with Crippen LogP contribution >= 0.6 is 0 Å². The lowest BCUT2D eigenvalue weighted by Gasteiger charge is -2.31. The Hall–Kier alpha value is -2.27. The van der Waals surface area contributed by atoms with Crippen molar-refractivity contribution in [1.82, 2.24) is 10.2 Å². The van der Waals surface area contributed by atoms with Crippen molar-refractivity contribution in [1.29, 1.82) is 0 Å². The van der Waals surface area contributed by atoms with Crippen LogP contribution in [0.3, 0.4) is 0 Å². The molecule has 4 rings (SSSR count).